The first-order valence-electron chi connectivity index (χ1n) is 7.28. The standard InChI is InChI=1S/C16H19ClN4O3S/c1-19-25(22,23)13-5-3-4-11(8-13)10-20-16(18)21-12-6-7-15(24-2)14(17)9-12/h3-9,19H,10H2,1-2H3,(H3,18,20,21). The summed E-state index contributed by atoms with van der Waals surface area (Å²) in [5.74, 6) is 0.744. The average Bonchev–Trinajstić information content (AvgIpc) is 2.60. The molecule has 25 heavy (non-hydrogen) atoms. The highest BCUT2D eigenvalue weighted by Gasteiger charge is 2.11. The average molecular weight is 383 g/mol. The Morgan fingerprint density at radius 2 is 2.04 bits per heavy atom. The molecule has 134 valence electrons. The predicted octanol–water partition coefficient (Wildman–Crippen LogP) is 2.18. The van der Waals surface area contributed by atoms with Gasteiger partial charge < -0.3 is 15.8 Å². The first kappa shape index (κ1) is 19.0. The molecule has 4 N–H and O–H groups in total. The number of nitrogens with one attached hydrogen (secondary N) is 2. The van der Waals surface area contributed by atoms with Crippen LogP contribution in [-0.4, -0.2) is 28.5 Å². The Kier molecular flexibility index (Phi) is 6.24. The van der Waals surface area contributed by atoms with Crippen LogP contribution in [0, 0.1) is 0 Å². The summed E-state index contributed by atoms with van der Waals surface area (Å²) in [4.78, 5) is 4.38. The van der Waals surface area contributed by atoms with Crippen LogP contribution in [0.25, 0.3) is 0 Å². The maximum absolute atomic E-state index is 11.8. The van der Waals surface area contributed by atoms with Gasteiger partial charge in [0.2, 0.25) is 10.0 Å². The van der Waals surface area contributed by atoms with E-state index in [1.807, 2.05) is 0 Å². The molecule has 7 nitrogen and oxygen atoms in total. The highest BCUT2D eigenvalue weighted by atomic mass is 35.5. The minimum atomic E-state index is -3.49. The molecule has 0 radical (unpaired) electrons. The molecule has 0 saturated heterocycles. The van der Waals surface area contributed by atoms with Gasteiger partial charge in [-0.2, -0.15) is 0 Å². The van der Waals surface area contributed by atoms with Gasteiger partial charge in [-0.05, 0) is 42.9 Å². The summed E-state index contributed by atoms with van der Waals surface area (Å²) in [6.07, 6.45) is 0. The second kappa shape index (κ2) is 8.19. The monoisotopic (exact) mass is 382 g/mol. The SMILES string of the molecule is CNS(=O)(=O)c1cccc(CN=C(N)Nc2ccc(OC)c(Cl)c2)c1. The van der Waals surface area contributed by atoms with Crippen LogP contribution in [0.5, 0.6) is 5.75 Å². The van der Waals surface area contributed by atoms with E-state index in [2.05, 4.69) is 15.0 Å². The van der Waals surface area contributed by atoms with Crippen LogP contribution in [-0.2, 0) is 16.6 Å². The van der Waals surface area contributed by atoms with Crippen molar-refractivity contribution in [2.45, 2.75) is 11.4 Å². The smallest absolute Gasteiger partial charge is 0.240 e. The van der Waals surface area contributed by atoms with Crippen molar-refractivity contribution < 1.29 is 13.2 Å². The molecule has 0 bridgehead atoms. The number of ether oxygens (including phenoxy) is 1. The van der Waals surface area contributed by atoms with Crippen molar-refractivity contribution in [3.8, 4) is 5.75 Å². The minimum Gasteiger partial charge on any atom is -0.495 e. The molecular formula is C16H19ClN4O3S. The number of benzene rings is 2. The molecule has 0 aliphatic rings. The largest absolute Gasteiger partial charge is 0.495 e. The number of anilines is 1. The molecule has 0 heterocycles. The molecule has 0 unspecified atom stereocenters. The van der Waals surface area contributed by atoms with E-state index in [-0.39, 0.29) is 17.4 Å². The van der Waals surface area contributed by atoms with Crippen LogP contribution < -0.4 is 20.5 Å². The van der Waals surface area contributed by atoms with Crippen molar-refractivity contribution in [3.05, 3.63) is 53.1 Å². The third-order valence-electron chi connectivity index (χ3n) is 3.33. The number of hydrogen-bond donors (Lipinski definition) is 3. The number of rotatable bonds is 6. The summed E-state index contributed by atoms with van der Waals surface area (Å²) >= 11 is 6.05. The van der Waals surface area contributed by atoms with Crippen LogP contribution in [0.1, 0.15) is 5.56 Å². The molecule has 0 aromatic heterocycles. The van der Waals surface area contributed by atoms with Crippen molar-refractivity contribution in [3.63, 3.8) is 0 Å². The summed E-state index contributed by atoms with van der Waals surface area (Å²) in [7, 11) is -0.594. The Balaban J connectivity index is 2.09. The number of halogens is 1. The molecule has 0 amide bonds. The maximum Gasteiger partial charge on any atom is 0.240 e. The first-order chi connectivity index (χ1) is 11.9. The van der Waals surface area contributed by atoms with E-state index < -0.39 is 10.0 Å². The zero-order chi connectivity index (χ0) is 18.4. The van der Waals surface area contributed by atoms with Crippen LogP contribution in [0.3, 0.4) is 0 Å². The summed E-state index contributed by atoms with van der Waals surface area (Å²) in [5.41, 5.74) is 7.24. The summed E-state index contributed by atoms with van der Waals surface area (Å²) in [6, 6.07) is 11.6. The number of nitrogens with zero attached hydrogens (tertiary/aromatic N) is 1. The fraction of sp³-hybridized carbons (Fsp3) is 0.188. The summed E-state index contributed by atoms with van der Waals surface area (Å²) in [5, 5.41) is 3.37. The normalized spacial score (nSPS) is 12.0. The Bertz CT molecular complexity index is 885. The van der Waals surface area contributed by atoms with E-state index in [4.69, 9.17) is 22.1 Å². The van der Waals surface area contributed by atoms with Gasteiger partial charge in [-0.25, -0.2) is 18.1 Å². The lowest BCUT2D eigenvalue weighted by atomic mass is 10.2. The van der Waals surface area contributed by atoms with Gasteiger partial charge in [0.1, 0.15) is 5.75 Å². The van der Waals surface area contributed by atoms with Crippen molar-refractivity contribution in [2.75, 3.05) is 19.5 Å². The number of guanidine groups is 1. The van der Waals surface area contributed by atoms with Crippen LogP contribution in [0.4, 0.5) is 5.69 Å². The van der Waals surface area contributed by atoms with Crippen molar-refractivity contribution in [2.24, 2.45) is 10.7 Å². The Morgan fingerprint density at radius 1 is 1.28 bits per heavy atom. The van der Waals surface area contributed by atoms with Crippen molar-refractivity contribution in [1.29, 1.82) is 0 Å². The van der Waals surface area contributed by atoms with Crippen LogP contribution in [0.15, 0.2) is 52.4 Å². The number of sulfonamides is 1. The number of methoxy groups -OCH3 is 1. The number of aliphatic imine (C=N–C) groups is 1. The van der Waals surface area contributed by atoms with Gasteiger partial charge in [0.25, 0.3) is 0 Å². The number of nitrogens with two attached hydrogens (primary N) is 1. The fourth-order valence-corrected chi connectivity index (χ4v) is 3.09. The topological polar surface area (TPSA) is 106 Å². The van der Waals surface area contributed by atoms with E-state index in [1.54, 1.807) is 36.4 Å². The van der Waals surface area contributed by atoms with Gasteiger partial charge in [0.05, 0.1) is 23.6 Å². The Labute approximate surface area is 151 Å². The van der Waals surface area contributed by atoms with Gasteiger partial charge in [-0.15, -0.1) is 0 Å². The summed E-state index contributed by atoms with van der Waals surface area (Å²) < 4.78 is 31.0. The molecule has 2 aromatic rings. The molecule has 0 spiro atoms. The lowest BCUT2D eigenvalue weighted by Gasteiger charge is -2.09. The van der Waals surface area contributed by atoms with Crippen molar-refractivity contribution in [1.82, 2.24) is 4.72 Å². The van der Waals surface area contributed by atoms with E-state index in [0.717, 1.165) is 0 Å². The van der Waals surface area contributed by atoms with E-state index >= 15 is 0 Å². The van der Waals surface area contributed by atoms with Gasteiger partial charge in [0, 0.05) is 5.69 Å². The lowest BCUT2D eigenvalue weighted by Crippen LogP contribution is -2.22. The van der Waals surface area contributed by atoms with E-state index in [9.17, 15) is 8.42 Å². The third kappa shape index (κ3) is 5.09. The highest BCUT2D eigenvalue weighted by Crippen LogP contribution is 2.27. The quantitative estimate of drug-likeness (QED) is 0.524. The molecule has 9 heteroatoms. The van der Waals surface area contributed by atoms with E-state index in [1.165, 1.54) is 20.2 Å². The molecule has 0 saturated carbocycles. The maximum atomic E-state index is 11.8. The second-order valence-corrected chi connectivity index (χ2v) is 7.32. The molecule has 2 aromatic carbocycles. The first-order valence-corrected chi connectivity index (χ1v) is 9.15. The predicted molar refractivity (Wildman–Crippen MR) is 99.6 cm³/mol. The van der Waals surface area contributed by atoms with Crippen LogP contribution in [0.2, 0.25) is 5.02 Å². The molecule has 2 rings (SSSR count). The van der Waals surface area contributed by atoms with E-state index in [0.29, 0.717) is 22.0 Å². The molecular weight excluding hydrogens is 364 g/mol. The molecule has 0 fully saturated rings. The second-order valence-electron chi connectivity index (χ2n) is 5.03. The molecule has 0 atom stereocenters. The zero-order valence-electron chi connectivity index (χ0n) is 13.8. The lowest BCUT2D eigenvalue weighted by molar-refractivity contribution is 0.415. The third-order valence-corrected chi connectivity index (χ3v) is 5.04. The fourth-order valence-electron chi connectivity index (χ4n) is 2.04. The Morgan fingerprint density at radius 3 is 2.68 bits per heavy atom. The van der Waals surface area contributed by atoms with Gasteiger partial charge in [0.15, 0.2) is 5.96 Å². The van der Waals surface area contributed by atoms with Crippen LogP contribution >= 0.6 is 11.6 Å². The Hall–Kier alpha value is -2.29. The van der Waals surface area contributed by atoms with Gasteiger partial charge >= 0.3 is 0 Å². The molecule has 0 aliphatic carbocycles. The van der Waals surface area contributed by atoms with Gasteiger partial charge in [-0.3, -0.25) is 0 Å². The highest BCUT2D eigenvalue weighted by molar-refractivity contribution is 7.89. The minimum absolute atomic E-state index is 0.177. The van der Waals surface area contributed by atoms with Gasteiger partial charge in [-0.1, -0.05) is 23.7 Å². The zero-order valence-corrected chi connectivity index (χ0v) is 15.4. The van der Waals surface area contributed by atoms with Crippen molar-refractivity contribution >= 4 is 33.3 Å². The number of hydrogen-bond acceptors (Lipinski definition) is 4. The summed E-state index contributed by atoms with van der Waals surface area (Å²) in [6.45, 7) is 0.232. The molecule has 0 aliphatic heterocycles.